The van der Waals surface area contributed by atoms with Crippen molar-refractivity contribution in [2.45, 2.75) is 32.1 Å². The lowest BCUT2D eigenvalue weighted by Gasteiger charge is -2.12. The first-order valence-electron chi connectivity index (χ1n) is 5.40. The van der Waals surface area contributed by atoms with Crippen LogP contribution in [-0.4, -0.2) is 21.8 Å². The zero-order valence-corrected chi connectivity index (χ0v) is 11.5. The van der Waals surface area contributed by atoms with E-state index in [1.54, 1.807) is 20.8 Å². The third-order valence-corrected chi connectivity index (χ3v) is 3.35. The number of nitrogens with zero attached hydrogens (tertiary/aromatic N) is 1. The molecule has 1 atom stereocenters. The van der Waals surface area contributed by atoms with Crippen molar-refractivity contribution < 1.29 is 22.1 Å². The van der Waals surface area contributed by atoms with E-state index in [2.05, 4.69) is 9.13 Å². The van der Waals surface area contributed by atoms with E-state index < -0.39 is 28.2 Å². The molecule has 0 spiro atoms. The summed E-state index contributed by atoms with van der Waals surface area (Å²) in [6, 6.07) is 3.14. The lowest BCUT2D eigenvalue weighted by atomic mass is 10.2. The van der Waals surface area contributed by atoms with Crippen LogP contribution in [0.3, 0.4) is 0 Å². The van der Waals surface area contributed by atoms with Crippen LogP contribution in [0.4, 0.5) is 13.2 Å². The number of rotatable bonds is 4. The molecule has 0 saturated carbocycles. The van der Waals surface area contributed by atoms with E-state index in [0.717, 1.165) is 24.4 Å². The van der Waals surface area contributed by atoms with Crippen LogP contribution in [0.25, 0.3) is 0 Å². The molecule has 1 aromatic rings. The normalized spacial score (nSPS) is 14.1. The highest BCUT2D eigenvalue weighted by molar-refractivity contribution is 7.85. The van der Waals surface area contributed by atoms with Gasteiger partial charge >= 0.3 is 6.61 Å². The maximum atomic E-state index is 13.4. The molecule has 0 aliphatic rings. The molecule has 0 N–H and O–H groups in total. The average molecular weight is 293 g/mol. The zero-order chi connectivity index (χ0) is 14.6. The molecule has 0 saturated heterocycles. The van der Waals surface area contributed by atoms with Gasteiger partial charge in [0, 0.05) is 11.8 Å². The molecule has 0 fully saturated rings. The monoisotopic (exact) mass is 293 g/mol. The molecule has 0 amide bonds. The summed E-state index contributed by atoms with van der Waals surface area (Å²) in [5.41, 5.74) is -0.0595. The van der Waals surface area contributed by atoms with Crippen LogP contribution in [0.2, 0.25) is 0 Å². The van der Waals surface area contributed by atoms with Gasteiger partial charge in [-0.05, 0) is 39.0 Å². The largest absolute Gasteiger partial charge is 0.435 e. The van der Waals surface area contributed by atoms with Gasteiger partial charge in [0.2, 0.25) is 0 Å². The van der Waals surface area contributed by atoms with E-state index in [9.17, 15) is 17.4 Å². The van der Waals surface area contributed by atoms with Crippen LogP contribution >= 0.6 is 0 Å². The summed E-state index contributed by atoms with van der Waals surface area (Å²) in [4.78, 5) is 0. The second-order valence-corrected chi connectivity index (χ2v) is 6.59. The van der Waals surface area contributed by atoms with Crippen LogP contribution in [0, 0.1) is 5.82 Å². The first-order valence-corrected chi connectivity index (χ1v) is 6.51. The molecule has 0 heterocycles. The van der Waals surface area contributed by atoms with Gasteiger partial charge in [0.05, 0.1) is 4.75 Å². The minimum Gasteiger partial charge on any atom is -0.435 e. The SMILES string of the molecule is CC(C)(C)S(=O)/N=C/c1cc(OC(F)F)ccc1F. The van der Waals surface area contributed by atoms with Gasteiger partial charge in [0.15, 0.2) is 0 Å². The van der Waals surface area contributed by atoms with Crippen LogP contribution < -0.4 is 4.74 Å². The second kappa shape index (κ2) is 6.18. The molecule has 0 aromatic heterocycles. The van der Waals surface area contributed by atoms with E-state index >= 15 is 0 Å². The summed E-state index contributed by atoms with van der Waals surface area (Å²) in [6.07, 6.45) is 1.05. The first kappa shape index (κ1) is 15.7. The number of hydrogen-bond donors (Lipinski definition) is 0. The van der Waals surface area contributed by atoms with Gasteiger partial charge in [-0.15, -0.1) is 0 Å². The fraction of sp³-hybridized carbons (Fsp3) is 0.417. The van der Waals surface area contributed by atoms with Crippen molar-refractivity contribution in [3.05, 3.63) is 29.6 Å². The Kier molecular flexibility index (Phi) is 5.11. The maximum Gasteiger partial charge on any atom is 0.387 e. The Hall–Kier alpha value is -1.37. The first-order chi connectivity index (χ1) is 8.70. The minimum atomic E-state index is -2.99. The van der Waals surface area contributed by atoms with Gasteiger partial charge in [0.1, 0.15) is 22.6 Å². The molecule has 106 valence electrons. The van der Waals surface area contributed by atoms with E-state index in [4.69, 9.17) is 0 Å². The summed E-state index contributed by atoms with van der Waals surface area (Å²) in [5.74, 6) is -0.837. The lowest BCUT2D eigenvalue weighted by molar-refractivity contribution is -0.0498. The predicted molar refractivity (Wildman–Crippen MR) is 68.5 cm³/mol. The van der Waals surface area contributed by atoms with Crippen LogP contribution in [-0.2, 0) is 11.0 Å². The van der Waals surface area contributed by atoms with Gasteiger partial charge in [-0.1, -0.05) is 0 Å². The van der Waals surface area contributed by atoms with Crippen molar-refractivity contribution in [1.82, 2.24) is 0 Å². The van der Waals surface area contributed by atoms with Gasteiger partial charge in [-0.25, -0.2) is 8.60 Å². The Balaban J connectivity index is 2.94. The molecular formula is C12H14F3NO2S. The highest BCUT2D eigenvalue weighted by Gasteiger charge is 2.18. The van der Waals surface area contributed by atoms with Crippen molar-refractivity contribution in [2.24, 2.45) is 4.40 Å². The highest BCUT2D eigenvalue weighted by atomic mass is 32.2. The number of benzene rings is 1. The number of alkyl halides is 2. The molecule has 7 heteroatoms. The standard InChI is InChI=1S/C12H14F3NO2S/c1-12(2,3)19(17)16-7-8-6-9(18-11(14)15)4-5-10(8)13/h4-7,11H,1-3H3/b16-7+. The summed E-state index contributed by atoms with van der Waals surface area (Å²) in [7, 11) is -1.55. The second-order valence-electron chi connectivity index (χ2n) is 4.66. The molecule has 0 bridgehead atoms. The van der Waals surface area contributed by atoms with E-state index in [0.29, 0.717) is 0 Å². The van der Waals surface area contributed by atoms with Gasteiger partial charge in [-0.2, -0.15) is 13.2 Å². The highest BCUT2D eigenvalue weighted by Crippen LogP contribution is 2.18. The lowest BCUT2D eigenvalue weighted by Crippen LogP contribution is -2.19. The summed E-state index contributed by atoms with van der Waals surface area (Å²) >= 11 is 0. The third kappa shape index (κ3) is 5.02. The molecule has 1 unspecified atom stereocenters. The van der Waals surface area contributed by atoms with Crippen LogP contribution in [0.1, 0.15) is 26.3 Å². The van der Waals surface area contributed by atoms with Gasteiger partial charge in [0.25, 0.3) is 0 Å². The minimum absolute atomic E-state index is 0.0595. The number of halogens is 3. The van der Waals surface area contributed by atoms with Crippen molar-refractivity contribution in [2.75, 3.05) is 0 Å². The van der Waals surface area contributed by atoms with Crippen LogP contribution in [0.15, 0.2) is 22.6 Å². The number of ether oxygens (including phenoxy) is 1. The van der Waals surface area contributed by atoms with E-state index in [1.165, 1.54) is 0 Å². The summed E-state index contributed by atoms with van der Waals surface area (Å²) in [6.45, 7) is 2.16. The molecule has 3 nitrogen and oxygen atoms in total. The predicted octanol–water partition coefficient (Wildman–Crippen LogP) is 3.31. The Morgan fingerprint density at radius 2 is 2.00 bits per heavy atom. The summed E-state index contributed by atoms with van der Waals surface area (Å²) < 4.78 is 56.4. The Morgan fingerprint density at radius 1 is 1.37 bits per heavy atom. The van der Waals surface area contributed by atoms with Crippen molar-refractivity contribution in [3.63, 3.8) is 0 Å². The van der Waals surface area contributed by atoms with Crippen molar-refractivity contribution in [3.8, 4) is 5.75 Å². The average Bonchev–Trinajstić information content (AvgIpc) is 2.27. The van der Waals surface area contributed by atoms with Gasteiger partial charge < -0.3 is 4.74 Å². The molecule has 0 aliphatic heterocycles. The van der Waals surface area contributed by atoms with Crippen molar-refractivity contribution in [1.29, 1.82) is 0 Å². The Bertz CT molecular complexity index is 498. The van der Waals surface area contributed by atoms with E-state index in [1.807, 2.05) is 0 Å². The molecule has 0 radical (unpaired) electrons. The fourth-order valence-electron chi connectivity index (χ4n) is 1.06. The topological polar surface area (TPSA) is 38.7 Å². The molecule has 0 aliphatic carbocycles. The quantitative estimate of drug-likeness (QED) is 0.799. The Labute approximate surface area is 112 Å². The van der Waals surface area contributed by atoms with Gasteiger partial charge in [-0.3, -0.25) is 0 Å². The molecular weight excluding hydrogens is 279 g/mol. The third-order valence-electron chi connectivity index (χ3n) is 2.00. The van der Waals surface area contributed by atoms with Crippen LogP contribution in [0.5, 0.6) is 5.75 Å². The zero-order valence-electron chi connectivity index (χ0n) is 10.7. The number of hydrogen-bond acceptors (Lipinski definition) is 2. The Morgan fingerprint density at radius 3 is 2.53 bits per heavy atom. The van der Waals surface area contributed by atoms with Crippen molar-refractivity contribution >= 4 is 17.2 Å². The van der Waals surface area contributed by atoms with E-state index in [-0.39, 0.29) is 11.3 Å². The smallest absolute Gasteiger partial charge is 0.387 e. The fourth-order valence-corrected chi connectivity index (χ4v) is 1.59. The molecule has 19 heavy (non-hydrogen) atoms. The maximum absolute atomic E-state index is 13.4. The summed E-state index contributed by atoms with van der Waals surface area (Å²) in [5, 5.41) is 0. The molecule has 1 rings (SSSR count). The molecule has 1 aromatic carbocycles.